The molecule has 1 fully saturated rings. The maximum Gasteiger partial charge on any atom is 0.155 e. The van der Waals surface area contributed by atoms with Crippen molar-refractivity contribution in [2.24, 2.45) is 0 Å². The first-order valence-electron chi connectivity index (χ1n) is 12.1. The van der Waals surface area contributed by atoms with E-state index in [0.717, 1.165) is 70.8 Å². The van der Waals surface area contributed by atoms with E-state index in [0.29, 0.717) is 11.6 Å². The minimum atomic E-state index is 0.582. The third-order valence-corrected chi connectivity index (χ3v) is 7.08. The molecule has 0 unspecified atom stereocenters. The van der Waals surface area contributed by atoms with Gasteiger partial charge in [0.05, 0.1) is 46.6 Å². The van der Waals surface area contributed by atoms with Gasteiger partial charge in [0.2, 0.25) is 0 Å². The average Bonchev–Trinajstić information content (AvgIpc) is 3.42. The van der Waals surface area contributed by atoms with E-state index in [-0.39, 0.29) is 0 Å². The molecule has 5 aromatic rings. The first-order chi connectivity index (χ1) is 17.6. The van der Waals surface area contributed by atoms with Gasteiger partial charge in [-0.2, -0.15) is 5.26 Å². The van der Waals surface area contributed by atoms with Gasteiger partial charge >= 0.3 is 0 Å². The first kappa shape index (κ1) is 22.1. The van der Waals surface area contributed by atoms with Crippen molar-refractivity contribution >= 4 is 22.4 Å². The number of hydrogen-bond donors (Lipinski definition) is 0. The van der Waals surface area contributed by atoms with Crippen LogP contribution in [0.15, 0.2) is 67.4 Å². The van der Waals surface area contributed by atoms with Gasteiger partial charge in [-0.05, 0) is 51.2 Å². The largest absolute Gasteiger partial charge is 0.355 e. The second-order valence-corrected chi connectivity index (χ2v) is 9.41. The Kier molecular flexibility index (Phi) is 5.55. The van der Waals surface area contributed by atoms with E-state index in [1.807, 2.05) is 48.9 Å². The highest BCUT2D eigenvalue weighted by molar-refractivity contribution is 5.88. The summed E-state index contributed by atoms with van der Waals surface area (Å²) in [5.74, 6) is 0.938. The Morgan fingerprint density at radius 2 is 1.67 bits per heavy atom. The van der Waals surface area contributed by atoms with Crippen molar-refractivity contribution in [3.8, 4) is 28.6 Å². The molecule has 36 heavy (non-hydrogen) atoms. The Balaban J connectivity index is 1.55. The molecule has 1 aliphatic heterocycles. The van der Waals surface area contributed by atoms with Gasteiger partial charge in [-0.25, -0.2) is 9.97 Å². The van der Waals surface area contributed by atoms with Gasteiger partial charge in [0.15, 0.2) is 5.82 Å². The van der Waals surface area contributed by atoms with Crippen molar-refractivity contribution in [1.29, 1.82) is 5.26 Å². The fraction of sp³-hybridized carbons (Fsp3) is 0.250. The summed E-state index contributed by atoms with van der Waals surface area (Å²) < 4.78 is 2.13. The van der Waals surface area contributed by atoms with Crippen molar-refractivity contribution in [2.75, 3.05) is 32.1 Å². The van der Waals surface area contributed by atoms with Gasteiger partial charge in [-0.15, -0.1) is 0 Å². The lowest BCUT2D eigenvalue weighted by Crippen LogP contribution is -2.42. The van der Waals surface area contributed by atoms with Crippen molar-refractivity contribution in [1.82, 2.24) is 29.2 Å². The van der Waals surface area contributed by atoms with Crippen LogP contribution in [-0.2, 0) is 0 Å². The van der Waals surface area contributed by atoms with Gasteiger partial charge in [0, 0.05) is 42.7 Å². The van der Waals surface area contributed by atoms with Crippen molar-refractivity contribution in [3.05, 3.63) is 72.9 Å². The van der Waals surface area contributed by atoms with E-state index in [9.17, 15) is 5.26 Å². The lowest BCUT2D eigenvalue weighted by Gasteiger charge is -2.36. The van der Waals surface area contributed by atoms with Crippen LogP contribution in [0.3, 0.4) is 0 Å². The van der Waals surface area contributed by atoms with Crippen LogP contribution in [0.5, 0.6) is 0 Å². The highest BCUT2D eigenvalue weighted by Crippen LogP contribution is 2.37. The SMILES string of the molecule is CN(C)C1CCN(c2nc(-c3ccc(C#N)cc3)c(-c3ccc4nccnc4c3)n3cncc23)CC1. The number of anilines is 1. The van der Waals surface area contributed by atoms with Crippen LogP contribution >= 0.6 is 0 Å². The first-order valence-corrected chi connectivity index (χ1v) is 12.1. The lowest BCUT2D eigenvalue weighted by molar-refractivity contribution is 0.249. The molecule has 0 atom stereocenters. The van der Waals surface area contributed by atoms with Crippen molar-refractivity contribution in [2.45, 2.75) is 18.9 Å². The monoisotopic (exact) mass is 474 g/mol. The maximum atomic E-state index is 9.32. The van der Waals surface area contributed by atoms with Crippen LogP contribution in [0.2, 0.25) is 0 Å². The quantitative estimate of drug-likeness (QED) is 0.381. The lowest BCUT2D eigenvalue weighted by atomic mass is 10.0. The molecule has 8 nitrogen and oxygen atoms in total. The third kappa shape index (κ3) is 3.84. The van der Waals surface area contributed by atoms with Crippen LogP contribution < -0.4 is 4.90 Å². The van der Waals surface area contributed by atoms with Crippen LogP contribution in [0.4, 0.5) is 5.82 Å². The minimum Gasteiger partial charge on any atom is -0.355 e. The van der Waals surface area contributed by atoms with Crippen LogP contribution in [-0.4, -0.2) is 62.5 Å². The van der Waals surface area contributed by atoms with E-state index < -0.39 is 0 Å². The number of rotatable bonds is 4. The Morgan fingerprint density at radius 3 is 2.39 bits per heavy atom. The molecule has 6 rings (SSSR count). The average molecular weight is 475 g/mol. The Morgan fingerprint density at radius 1 is 0.944 bits per heavy atom. The summed E-state index contributed by atoms with van der Waals surface area (Å²) in [4.78, 5) is 23.4. The zero-order valence-electron chi connectivity index (χ0n) is 20.3. The molecule has 2 aromatic carbocycles. The number of piperidine rings is 1. The summed E-state index contributed by atoms with van der Waals surface area (Å²) in [6, 6.07) is 16.5. The summed E-state index contributed by atoms with van der Waals surface area (Å²) in [5.41, 5.74) is 6.98. The number of nitrogens with zero attached hydrogens (tertiary/aromatic N) is 8. The van der Waals surface area contributed by atoms with E-state index in [4.69, 9.17) is 4.98 Å². The summed E-state index contributed by atoms with van der Waals surface area (Å²) in [6.07, 6.45) is 9.34. The summed E-state index contributed by atoms with van der Waals surface area (Å²) in [5, 5.41) is 9.32. The highest BCUT2D eigenvalue weighted by atomic mass is 15.2. The number of hydrogen-bond acceptors (Lipinski definition) is 7. The van der Waals surface area contributed by atoms with E-state index in [2.05, 4.69) is 55.4 Å². The molecule has 8 heteroatoms. The topological polar surface area (TPSA) is 86.2 Å². The van der Waals surface area contributed by atoms with E-state index in [1.54, 1.807) is 12.4 Å². The summed E-state index contributed by atoms with van der Waals surface area (Å²) >= 11 is 0. The molecule has 4 heterocycles. The van der Waals surface area contributed by atoms with Gasteiger partial charge in [0.25, 0.3) is 0 Å². The predicted molar refractivity (Wildman–Crippen MR) is 141 cm³/mol. The van der Waals surface area contributed by atoms with Gasteiger partial charge in [0.1, 0.15) is 5.52 Å². The molecule has 0 bridgehead atoms. The second-order valence-electron chi connectivity index (χ2n) is 9.41. The second kappa shape index (κ2) is 9.02. The molecule has 0 amide bonds. The zero-order chi connectivity index (χ0) is 24.6. The molecule has 1 saturated heterocycles. The molecule has 0 spiro atoms. The molecule has 1 aliphatic rings. The fourth-order valence-corrected chi connectivity index (χ4v) is 5.09. The van der Waals surface area contributed by atoms with Crippen molar-refractivity contribution in [3.63, 3.8) is 0 Å². The van der Waals surface area contributed by atoms with Crippen LogP contribution in [0.1, 0.15) is 18.4 Å². The van der Waals surface area contributed by atoms with Gasteiger partial charge < -0.3 is 9.80 Å². The number of benzene rings is 2. The standard InChI is InChI=1S/C28H26N8/c1-34(2)22-9-13-35(14-10-22)28-25-17-30-18-36(25)27(21-7-8-23-24(15-21)32-12-11-31-23)26(33-28)20-5-3-19(16-29)4-6-20/h3-8,11-12,15,17-18,22H,9-10,13-14H2,1-2H3. The molecule has 0 saturated carbocycles. The summed E-state index contributed by atoms with van der Waals surface area (Å²) in [6.45, 7) is 1.88. The number of aromatic nitrogens is 5. The Bertz CT molecular complexity index is 1590. The highest BCUT2D eigenvalue weighted by Gasteiger charge is 2.26. The molecule has 0 aliphatic carbocycles. The molecule has 178 valence electrons. The smallest absolute Gasteiger partial charge is 0.155 e. The third-order valence-electron chi connectivity index (χ3n) is 7.08. The van der Waals surface area contributed by atoms with E-state index >= 15 is 0 Å². The van der Waals surface area contributed by atoms with Crippen LogP contribution in [0, 0.1) is 11.3 Å². The molecule has 3 aromatic heterocycles. The van der Waals surface area contributed by atoms with Gasteiger partial charge in [-0.1, -0.05) is 18.2 Å². The normalized spacial score (nSPS) is 14.6. The predicted octanol–water partition coefficient (Wildman–Crippen LogP) is 4.41. The Labute approximate surface area is 209 Å². The number of fused-ring (bicyclic) bond motifs is 2. The molecule has 0 N–H and O–H groups in total. The molecular weight excluding hydrogens is 448 g/mol. The number of nitriles is 1. The maximum absolute atomic E-state index is 9.32. The van der Waals surface area contributed by atoms with Crippen molar-refractivity contribution < 1.29 is 0 Å². The number of imidazole rings is 1. The summed E-state index contributed by atoms with van der Waals surface area (Å²) in [7, 11) is 4.30. The van der Waals surface area contributed by atoms with Gasteiger partial charge in [-0.3, -0.25) is 14.4 Å². The fourth-order valence-electron chi connectivity index (χ4n) is 5.09. The van der Waals surface area contributed by atoms with E-state index in [1.165, 1.54) is 0 Å². The van der Waals surface area contributed by atoms with Crippen LogP contribution in [0.25, 0.3) is 39.1 Å². The zero-order valence-corrected chi connectivity index (χ0v) is 20.3. The molecular formula is C28H26N8. The minimum absolute atomic E-state index is 0.582. The Hall–Kier alpha value is -4.35. The molecule has 0 radical (unpaired) electrons.